The summed E-state index contributed by atoms with van der Waals surface area (Å²) in [5.41, 5.74) is 0.818. The van der Waals surface area contributed by atoms with Gasteiger partial charge in [-0.1, -0.05) is 29.3 Å². The summed E-state index contributed by atoms with van der Waals surface area (Å²) in [4.78, 5) is 26.3. The molecule has 0 aliphatic carbocycles. The van der Waals surface area contributed by atoms with Crippen molar-refractivity contribution >= 4 is 56.0 Å². The van der Waals surface area contributed by atoms with Gasteiger partial charge in [0.05, 0.1) is 45.3 Å². The Kier molecular flexibility index (Phi) is 6.11. The maximum absolute atomic E-state index is 12.7. The lowest BCUT2D eigenvalue weighted by atomic mass is 9.58. The second kappa shape index (κ2) is 8.63. The summed E-state index contributed by atoms with van der Waals surface area (Å²) in [5, 5.41) is 1.97. The van der Waals surface area contributed by atoms with Gasteiger partial charge in [-0.25, -0.2) is 4.98 Å². The zero-order chi connectivity index (χ0) is 21.3. The highest BCUT2D eigenvalue weighted by Gasteiger charge is 2.22. The number of morpholine rings is 1. The normalized spacial score (nSPS) is 15.5. The van der Waals surface area contributed by atoms with E-state index in [1.807, 2.05) is 0 Å². The van der Waals surface area contributed by atoms with E-state index in [1.165, 1.54) is 0 Å². The van der Waals surface area contributed by atoms with Gasteiger partial charge in [0.25, 0.3) is 5.56 Å². The van der Waals surface area contributed by atoms with Gasteiger partial charge in [-0.2, -0.15) is 4.98 Å². The van der Waals surface area contributed by atoms with Gasteiger partial charge in [-0.05, 0) is 23.0 Å². The van der Waals surface area contributed by atoms with Crippen LogP contribution < -0.4 is 10.9 Å². The maximum atomic E-state index is 12.7. The topological polar surface area (TPSA) is 88.1 Å². The molecular weight excluding hydrogens is 425 g/mol. The van der Waals surface area contributed by atoms with Crippen molar-refractivity contribution in [2.45, 2.75) is 11.9 Å². The number of anilines is 1. The zero-order valence-corrected chi connectivity index (χ0v) is 17.6. The fourth-order valence-corrected chi connectivity index (χ4v) is 3.61. The van der Waals surface area contributed by atoms with Gasteiger partial charge in [-0.3, -0.25) is 14.7 Å². The highest BCUT2D eigenvalue weighted by Crippen LogP contribution is 2.27. The van der Waals surface area contributed by atoms with E-state index in [2.05, 4.69) is 25.2 Å². The summed E-state index contributed by atoms with van der Waals surface area (Å²) in [5.74, 6) is 0.0991. The van der Waals surface area contributed by atoms with Crippen molar-refractivity contribution in [1.82, 2.24) is 24.4 Å². The number of fused-ring (bicyclic) bond motifs is 1. The van der Waals surface area contributed by atoms with Gasteiger partial charge in [0.2, 0.25) is 5.95 Å². The molecule has 0 unspecified atom stereocenters. The Bertz CT molecular complexity index is 1110. The summed E-state index contributed by atoms with van der Waals surface area (Å²) in [6.45, 7) is 4.61. The molecule has 0 amide bonds. The second-order valence-electron chi connectivity index (χ2n) is 7.10. The standard InChI is InChI=1S/C18H18B2Cl2N6O2/c19-18(20,11-1-2-12(21)13(22)9-11)26-17-24-15-14(16(29)25-17)28(10-23-15)4-3-27-5-7-30-8-6-27/h1-2,9-10H,3-8H2,(H2,24,25,26,29). The van der Waals surface area contributed by atoms with Crippen LogP contribution in [0.4, 0.5) is 5.95 Å². The number of nitrogens with zero attached hydrogens (tertiary/aromatic N) is 4. The number of imidazole rings is 1. The minimum Gasteiger partial charge on any atom is -0.379 e. The van der Waals surface area contributed by atoms with E-state index in [1.54, 1.807) is 29.1 Å². The van der Waals surface area contributed by atoms with E-state index in [9.17, 15) is 4.79 Å². The molecule has 30 heavy (non-hydrogen) atoms. The summed E-state index contributed by atoms with van der Waals surface area (Å²) in [6, 6.07) is 4.77. The maximum Gasteiger partial charge on any atom is 0.278 e. The predicted molar refractivity (Wildman–Crippen MR) is 119 cm³/mol. The largest absolute Gasteiger partial charge is 0.379 e. The number of ether oxygens (including phenoxy) is 1. The van der Waals surface area contributed by atoms with Crippen LogP contribution in [0.2, 0.25) is 10.0 Å². The van der Waals surface area contributed by atoms with Crippen LogP contribution in [0.5, 0.6) is 0 Å². The molecule has 12 heteroatoms. The van der Waals surface area contributed by atoms with Crippen molar-refractivity contribution in [3.05, 3.63) is 50.5 Å². The fraction of sp³-hybridized carbons (Fsp3) is 0.389. The Hall–Kier alpha value is -2.00. The Labute approximate surface area is 185 Å². The van der Waals surface area contributed by atoms with Crippen molar-refractivity contribution in [2.75, 3.05) is 38.2 Å². The summed E-state index contributed by atoms with van der Waals surface area (Å²) >= 11 is 12.0. The molecule has 2 aromatic heterocycles. The van der Waals surface area contributed by atoms with Crippen LogP contribution in [0.1, 0.15) is 5.56 Å². The lowest BCUT2D eigenvalue weighted by Gasteiger charge is -2.28. The SMILES string of the molecule is [B]C([B])(Nc1nc2ncn(CCN3CCOCC3)c2c(=O)[nH]1)c1ccc(Cl)c(Cl)c1. The number of aromatic nitrogens is 4. The molecule has 0 saturated carbocycles. The molecule has 0 bridgehead atoms. The lowest BCUT2D eigenvalue weighted by molar-refractivity contribution is 0.0365. The average molecular weight is 443 g/mol. The minimum atomic E-state index is -1.54. The first kappa shape index (κ1) is 21.2. The summed E-state index contributed by atoms with van der Waals surface area (Å²) in [6.07, 6.45) is 1.61. The molecule has 8 nitrogen and oxygen atoms in total. The van der Waals surface area contributed by atoms with E-state index >= 15 is 0 Å². The van der Waals surface area contributed by atoms with E-state index in [0.29, 0.717) is 33.3 Å². The van der Waals surface area contributed by atoms with Crippen LogP contribution >= 0.6 is 23.2 Å². The van der Waals surface area contributed by atoms with Crippen LogP contribution in [0.25, 0.3) is 11.2 Å². The smallest absolute Gasteiger partial charge is 0.278 e. The third-order valence-corrected chi connectivity index (χ3v) is 5.71. The minimum absolute atomic E-state index is 0.0991. The molecule has 0 atom stereocenters. The third-order valence-electron chi connectivity index (χ3n) is 4.97. The Balaban J connectivity index is 1.54. The van der Waals surface area contributed by atoms with E-state index in [-0.39, 0.29) is 11.5 Å². The first-order valence-corrected chi connectivity index (χ1v) is 10.2. The Morgan fingerprint density at radius 1 is 1.20 bits per heavy atom. The molecule has 4 rings (SSSR count). The van der Waals surface area contributed by atoms with Crippen LogP contribution in [0.3, 0.4) is 0 Å². The molecule has 3 aromatic rings. The number of aromatic amines is 1. The summed E-state index contributed by atoms with van der Waals surface area (Å²) in [7, 11) is 12.4. The number of rotatable bonds is 6. The molecule has 4 radical (unpaired) electrons. The van der Waals surface area contributed by atoms with Gasteiger partial charge >= 0.3 is 0 Å². The highest BCUT2D eigenvalue weighted by atomic mass is 35.5. The summed E-state index contributed by atoms with van der Waals surface area (Å²) < 4.78 is 7.15. The number of H-pyrrole nitrogens is 1. The van der Waals surface area contributed by atoms with E-state index in [0.717, 1.165) is 32.8 Å². The van der Waals surface area contributed by atoms with Gasteiger partial charge < -0.3 is 14.6 Å². The Morgan fingerprint density at radius 2 is 1.97 bits per heavy atom. The number of halogens is 2. The highest BCUT2D eigenvalue weighted by molar-refractivity contribution is 6.43. The number of hydrogen-bond acceptors (Lipinski definition) is 6. The Morgan fingerprint density at radius 3 is 2.70 bits per heavy atom. The van der Waals surface area contributed by atoms with Gasteiger partial charge in [0.1, 0.15) is 0 Å². The van der Waals surface area contributed by atoms with Crippen molar-refractivity contribution in [2.24, 2.45) is 0 Å². The number of hydrogen-bond donors (Lipinski definition) is 2. The first-order valence-electron chi connectivity index (χ1n) is 9.40. The van der Waals surface area contributed by atoms with E-state index < -0.39 is 5.34 Å². The average Bonchev–Trinajstić information content (AvgIpc) is 3.12. The monoisotopic (exact) mass is 442 g/mol. The lowest BCUT2D eigenvalue weighted by Crippen LogP contribution is -2.38. The van der Waals surface area contributed by atoms with Crippen LogP contribution in [-0.2, 0) is 16.6 Å². The van der Waals surface area contributed by atoms with Gasteiger partial charge in [0, 0.05) is 26.2 Å². The number of nitrogens with one attached hydrogen (secondary N) is 2. The van der Waals surface area contributed by atoms with Crippen molar-refractivity contribution in [3.63, 3.8) is 0 Å². The first-order chi connectivity index (χ1) is 14.3. The molecule has 2 N–H and O–H groups in total. The molecule has 3 heterocycles. The molecule has 1 aliphatic rings. The van der Waals surface area contributed by atoms with Crippen molar-refractivity contribution < 1.29 is 4.74 Å². The van der Waals surface area contributed by atoms with Crippen LogP contribution in [-0.4, -0.2) is 73.0 Å². The predicted octanol–water partition coefficient (Wildman–Crippen LogP) is 1.32. The molecular formula is C18H18B2Cl2N6O2. The van der Waals surface area contributed by atoms with Gasteiger partial charge in [-0.15, -0.1) is 0 Å². The third kappa shape index (κ3) is 4.51. The molecule has 1 aliphatic heterocycles. The van der Waals surface area contributed by atoms with Crippen LogP contribution in [0, 0.1) is 0 Å². The quantitative estimate of drug-likeness (QED) is 0.560. The van der Waals surface area contributed by atoms with Gasteiger partial charge in [0.15, 0.2) is 11.2 Å². The van der Waals surface area contributed by atoms with E-state index in [4.69, 9.17) is 43.6 Å². The van der Waals surface area contributed by atoms with Crippen molar-refractivity contribution in [1.29, 1.82) is 0 Å². The zero-order valence-electron chi connectivity index (χ0n) is 16.1. The fourth-order valence-electron chi connectivity index (χ4n) is 3.31. The molecule has 1 aromatic carbocycles. The molecule has 0 spiro atoms. The number of benzene rings is 1. The molecule has 1 fully saturated rings. The van der Waals surface area contributed by atoms with Crippen LogP contribution in [0.15, 0.2) is 29.3 Å². The second-order valence-corrected chi connectivity index (χ2v) is 7.92. The molecule has 152 valence electrons. The van der Waals surface area contributed by atoms with Crippen molar-refractivity contribution in [3.8, 4) is 0 Å². The molecule has 1 saturated heterocycles.